The number of nitrogens with zero attached hydrogens (tertiary/aromatic N) is 6. The largest absolute Gasteiger partial charge is 0.336 e. The number of halogens is 2. The number of nitrogens with one attached hydrogen (secondary N) is 1. The summed E-state index contributed by atoms with van der Waals surface area (Å²) in [5.74, 6) is -1.34. The lowest BCUT2D eigenvalue weighted by Gasteiger charge is -2.41. The van der Waals surface area contributed by atoms with Crippen LogP contribution in [-0.4, -0.2) is 102 Å². The number of aromatic nitrogens is 3. The van der Waals surface area contributed by atoms with E-state index >= 15 is 8.78 Å². The zero-order chi connectivity index (χ0) is 29.4. The maximum Gasteiger partial charge on any atom is 0.259 e. The monoisotopic (exact) mass is 597 g/mol. The fourth-order valence-corrected chi connectivity index (χ4v) is 6.57. The average Bonchev–Trinajstić information content (AvgIpc) is 3.38. The average molecular weight is 598 g/mol. The summed E-state index contributed by atoms with van der Waals surface area (Å²) < 4.78 is 51.6. The van der Waals surface area contributed by atoms with Gasteiger partial charge in [0.25, 0.3) is 5.91 Å². The molecule has 0 bridgehead atoms. The van der Waals surface area contributed by atoms with Gasteiger partial charge in [0.2, 0.25) is 5.95 Å². The predicted octanol–water partition coefficient (Wildman–Crippen LogP) is 4.40. The number of carbonyl (C=O) groups excluding carboxylic acids is 1. The van der Waals surface area contributed by atoms with Crippen LogP contribution in [0.15, 0.2) is 54.9 Å². The first-order chi connectivity index (χ1) is 20.1. The summed E-state index contributed by atoms with van der Waals surface area (Å²) >= 11 is 0. The second-order valence-corrected chi connectivity index (χ2v) is 13.3. The molecule has 2 aromatic heterocycles. The lowest BCUT2D eigenvalue weighted by molar-refractivity contribution is 0.0654. The van der Waals surface area contributed by atoms with E-state index in [1.165, 1.54) is 4.90 Å². The number of hydrogen-bond donors (Lipinski definition) is 3. The Morgan fingerprint density at radius 1 is 0.976 bits per heavy atom. The van der Waals surface area contributed by atoms with E-state index in [2.05, 4.69) is 25.1 Å². The van der Waals surface area contributed by atoms with Crippen molar-refractivity contribution in [3.8, 4) is 5.69 Å². The molecule has 1 amide bonds. The highest BCUT2D eigenvalue weighted by Gasteiger charge is 2.27. The fraction of sp³-hybridized carbons (Fsp3) is 0.345. The van der Waals surface area contributed by atoms with E-state index in [0.29, 0.717) is 67.8 Å². The molecule has 2 fully saturated rings. The summed E-state index contributed by atoms with van der Waals surface area (Å²) in [6, 6.07) is 11.9. The summed E-state index contributed by atoms with van der Waals surface area (Å²) in [5, 5.41) is 3.87. The molecule has 10 nitrogen and oxygen atoms in total. The number of benzene rings is 2. The number of likely N-dealkylation sites (N-methyl/N-ethyl adjacent to an activating group) is 1. The van der Waals surface area contributed by atoms with Crippen LogP contribution in [0.25, 0.3) is 16.7 Å². The number of piperazine rings is 1. The standard InChI is InChI=1S/C29H33F2N7O3S/c1-35-8-10-37(11-9-35)28(39)26-24(30)16-23(17-25(26)31)38-7-6-21-18-32-29(34-27(21)38)33-22-4-2-20(3-5-22)19-36-12-14-42(40,41)15-13-36/h2-7,16-18,40-41H,8-15,19H2,1H3,(H,32,33,34). The highest BCUT2D eigenvalue weighted by atomic mass is 32.3. The number of carbonyl (C=O) groups is 1. The van der Waals surface area contributed by atoms with Gasteiger partial charge in [-0.15, -0.1) is 0 Å². The SMILES string of the molecule is CN1CCN(C(=O)c2c(F)cc(-n3ccc4cnc(Nc5ccc(CN6CCS(O)(O)CC6)cc5)nc43)cc2F)CC1. The number of anilines is 2. The van der Waals surface area contributed by atoms with E-state index in [1.807, 2.05) is 31.3 Å². The van der Waals surface area contributed by atoms with Crippen LogP contribution in [0.2, 0.25) is 0 Å². The molecule has 0 spiro atoms. The van der Waals surface area contributed by atoms with Gasteiger partial charge in [0.15, 0.2) is 0 Å². The van der Waals surface area contributed by atoms with Crippen molar-refractivity contribution in [2.45, 2.75) is 6.54 Å². The minimum Gasteiger partial charge on any atom is -0.336 e. The Morgan fingerprint density at radius 3 is 2.31 bits per heavy atom. The summed E-state index contributed by atoms with van der Waals surface area (Å²) in [6.07, 6.45) is 3.29. The molecule has 0 unspecified atom stereocenters. The molecule has 6 rings (SSSR count). The van der Waals surface area contributed by atoms with Crippen LogP contribution >= 0.6 is 10.6 Å². The van der Waals surface area contributed by atoms with E-state index in [9.17, 15) is 13.9 Å². The molecule has 0 atom stereocenters. The maximum absolute atomic E-state index is 15.2. The number of hydrogen-bond acceptors (Lipinski definition) is 8. The third-order valence-corrected chi connectivity index (χ3v) is 9.49. The van der Waals surface area contributed by atoms with Crippen molar-refractivity contribution < 1.29 is 22.7 Å². The second-order valence-electron chi connectivity index (χ2n) is 10.8. The highest BCUT2D eigenvalue weighted by Crippen LogP contribution is 2.40. The fourth-order valence-electron chi connectivity index (χ4n) is 5.26. The molecule has 13 heteroatoms. The Kier molecular flexibility index (Phi) is 7.85. The molecule has 0 radical (unpaired) electrons. The normalized spacial score (nSPS) is 18.7. The third-order valence-electron chi connectivity index (χ3n) is 7.82. The van der Waals surface area contributed by atoms with Crippen molar-refractivity contribution in [2.75, 3.05) is 63.1 Å². The van der Waals surface area contributed by atoms with Gasteiger partial charge in [0, 0.05) is 69.3 Å². The van der Waals surface area contributed by atoms with Gasteiger partial charge in [0.05, 0.1) is 17.2 Å². The second kappa shape index (κ2) is 11.6. The number of fused-ring (bicyclic) bond motifs is 1. The molecular formula is C29H33F2N7O3S. The highest BCUT2D eigenvalue weighted by molar-refractivity contribution is 8.24. The molecule has 2 aliphatic rings. The van der Waals surface area contributed by atoms with Crippen LogP contribution in [0.1, 0.15) is 15.9 Å². The first-order valence-electron chi connectivity index (χ1n) is 13.8. The molecule has 2 aromatic carbocycles. The Morgan fingerprint density at radius 2 is 1.64 bits per heavy atom. The van der Waals surface area contributed by atoms with E-state index in [0.717, 1.165) is 29.9 Å². The van der Waals surface area contributed by atoms with Crippen LogP contribution in [0, 0.1) is 11.6 Å². The Balaban J connectivity index is 1.18. The van der Waals surface area contributed by atoms with Crippen molar-refractivity contribution >= 4 is 39.2 Å². The lowest BCUT2D eigenvalue weighted by atomic mass is 10.1. The predicted molar refractivity (Wildman–Crippen MR) is 160 cm³/mol. The molecule has 4 heterocycles. The summed E-state index contributed by atoms with van der Waals surface area (Å²) in [7, 11) is -0.475. The Bertz CT molecular complexity index is 1570. The van der Waals surface area contributed by atoms with Gasteiger partial charge in [-0.25, -0.2) is 13.8 Å². The smallest absolute Gasteiger partial charge is 0.259 e. The number of amides is 1. The van der Waals surface area contributed by atoms with Crippen molar-refractivity contribution in [3.05, 3.63) is 77.6 Å². The summed E-state index contributed by atoms with van der Waals surface area (Å²) in [5.41, 5.74) is 1.99. The van der Waals surface area contributed by atoms with Crippen LogP contribution in [0.5, 0.6) is 0 Å². The van der Waals surface area contributed by atoms with Crippen molar-refractivity contribution in [1.29, 1.82) is 0 Å². The Labute approximate surface area is 243 Å². The van der Waals surface area contributed by atoms with Crippen LogP contribution in [-0.2, 0) is 6.54 Å². The van der Waals surface area contributed by atoms with E-state index in [1.54, 1.807) is 23.0 Å². The van der Waals surface area contributed by atoms with Crippen molar-refractivity contribution in [2.24, 2.45) is 0 Å². The van der Waals surface area contributed by atoms with E-state index in [4.69, 9.17) is 0 Å². The van der Waals surface area contributed by atoms with Gasteiger partial charge in [-0.1, -0.05) is 12.1 Å². The molecule has 42 heavy (non-hydrogen) atoms. The van der Waals surface area contributed by atoms with E-state index in [-0.39, 0.29) is 5.69 Å². The molecule has 4 aromatic rings. The van der Waals surface area contributed by atoms with Crippen molar-refractivity contribution in [1.82, 2.24) is 29.2 Å². The zero-order valence-corrected chi connectivity index (χ0v) is 24.0. The molecule has 3 N–H and O–H groups in total. The van der Waals surface area contributed by atoms with Gasteiger partial charge < -0.3 is 19.7 Å². The number of rotatable bonds is 6. The molecule has 2 saturated heterocycles. The van der Waals surface area contributed by atoms with Crippen LogP contribution in [0.3, 0.4) is 0 Å². The first kappa shape index (κ1) is 28.5. The Hall–Kier alpha value is -3.62. The van der Waals surface area contributed by atoms with E-state index < -0.39 is 33.7 Å². The zero-order valence-electron chi connectivity index (χ0n) is 23.2. The maximum atomic E-state index is 15.2. The minimum absolute atomic E-state index is 0.211. The topological polar surface area (TPSA) is 110 Å². The quantitative estimate of drug-likeness (QED) is 0.300. The van der Waals surface area contributed by atoms with Gasteiger partial charge in [-0.3, -0.25) is 18.8 Å². The molecule has 222 valence electrons. The van der Waals surface area contributed by atoms with Gasteiger partial charge in [-0.2, -0.15) is 15.6 Å². The summed E-state index contributed by atoms with van der Waals surface area (Å²) in [4.78, 5) is 27.6. The van der Waals surface area contributed by atoms with Crippen molar-refractivity contribution in [3.63, 3.8) is 0 Å². The van der Waals surface area contributed by atoms with Gasteiger partial charge in [-0.05, 0) is 42.9 Å². The molecule has 2 aliphatic heterocycles. The molecule has 0 saturated carbocycles. The van der Waals surface area contributed by atoms with Crippen LogP contribution < -0.4 is 5.32 Å². The molecule has 0 aliphatic carbocycles. The minimum atomic E-state index is -2.42. The molecular weight excluding hydrogens is 564 g/mol. The van der Waals surface area contributed by atoms with Gasteiger partial charge >= 0.3 is 0 Å². The van der Waals surface area contributed by atoms with Crippen LogP contribution in [0.4, 0.5) is 20.4 Å². The lowest BCUT2D eigenvalue weighted by Crippen LogP contribution is -2.47. The third kappa shape index (κ3) is 6.10. The summed E-state index contributed by atoms with van der Waals surface area (Å²) in [6.45, 7) is 4.17. The first-order valence-corrected chi connectivity index (χ1v) is 15.7. The van der Waals surface area contributed by atoms with Gasteiger partial charge in [0.1, 0.15) is 22.8 Å².